The second kappa shape index (κ2) is 11.8. The first-order valence-corrected chi connectivity index (χ1v) is 13.1. The minimum atomic E-state index is -1.24. The number of aromatic nitrogens is 1. The average molecular weight is 547 g/mol. The Morgan fingerprint density at radius 2 is 1.39 bits per heavy atom. The molecule has 1 heterocycles. The molecule has 5 aromatic rings. The van der Waals surface area contributed by atoms with E-state index in [0.29, 0.717) is 16.7 Å². The third-order valence-corrected chi connectivity index (χ3v) is 6.89. The van der Waals surface area contributed by atoms with Gasteiger partial charge in [0.1, 0.15) is 17.5 Å². The first-order valence-electron chi connectivity index (χ1n) is 13.1. The SMILES string of the molecule is Cc1ccc(CC(C(=O)O)n2cc(-c3ccc(F)cc3)cc(NC(=O)c3ccc(-c4ccccc4)cc3)c2=O)cc1. The van der Waals surface area contributed by atoms with Crippen LogP contribution in [0.25, 0.3) is 22.3 Å². The number of amides is 1. The molecule has 1 atom stereocenters. The van der Waals surface area contributed by atoms with Crippen LogP contribution in [-0.2, 0) is 11.2 Å². The molecule has 0 bridgehead atoms. The number of halogens is 1. The molecular formula is C34H27FN2O4. The van der Waals surface area contributed by atoms with E-state index in [0.717, 1.165) is 26.8 Å². The third-order valence-electron chi connectivity index (χ3n) is 6.89. The van der Waals surface area contributed by atoms with E-state index in [9.17, 15) is 23.9 Å². The molecule has 7 heteroatoms. The van der Waals surface area contributed by atoms with Crippen LogP contribution in [0.5, 0.6) is 0 Å². The van der Waals surface area contributed by atoms with Crippen LogP contribution >= 0.6 is 0 Å². The van der Waals surface area contributed by atoms with Crippen molar-refractivity contribution in [3.8, 4) is 22.3 Å². The number of nitrogens with zero attached hydrogens (tertiary/aromatic N) is 1. The van der Waals surface area contributed by atoms with Gasteiger partial charge in [-0.05, 0) is 59.5 Å². The van der Waals surface area contributed by atoms with Gasteiger partial charge in [0, 0.05) is 23.7 Å². The number of hydrogen-bond donors (Lipinski definition) is 2. The molecule has 0 fully saturated rings. The number of carboxylic acid groups (broad SMARTS) is 1. The molecule has 1 aromatic heterocycles. The summed E-state index contributed by atoms with van der Waals surface area (Å²) < 4.78 is 14.8. The lowest BCUT2D eigenvalue weighted by atomic mass is 10.0. The van der Waals surface area contributed by atoms with Gasteiger partial charge in [0.05, 0.1) is 0 Å². The topological polar surface area (TPSA) is 88.4 Å². The van der Waals surface area contributed by atoms with Gasteiger partial charge >= 0.3 is 5.97 Å². The maximum Gasteiger partial charge on any atom is 0.327 e. The van der Waals surface area contributed by atoms with Crippen LogP contribution < -0.4 is 10.9 Å². The first kappa shape index (κ1) is 27.3. The summed E-state index contributed by atoms with van der Waals surface area (Å²) in [7, 11) is 0. The molecule has 0 aliphatic rings. The number of pyridine rings is 1. The number of carbonyl (C=O) groups is 2. The summed E-state index contributed by atoms with van der Waals surface area (Å²) in [6.07, 6.45) is 1.49. The molecule has 6 nitrogen and oxygen atoms in total. The molecule has 41 heavy (non-hydrogen) atoms. The number of hydrogen-bond acceptors (Lipinski definition) is 3. The average Bonchev–Trinajstić information content (AvgIpc) is 2.99. The smallest absolute Gasteiger partial charge is 0.327 e. The van der Waals surface area contributed by atoms with Crippen LogP contribution in [0.2, 0.25) is 0 Å². The molecule has 0 aliphatic carbocycles. The van der Waals surface area contributed by atoms with Crippen molar-refractivity contribution in [2.24, 2.45) is 0 Å². The van der Waals surface area contributed by atoms with E-state index in [1.165, 1.54) is 36.5 Å². The third kappa shape index (κ3) is 6.31. The Balaban J connectivity index is 1.52. The van der Waals surface area contributed by atoms with Crippen molar-refractivity contribution in [3.05, 3.63) is 148 Å². The zero-order valence-electron chi connectivity index (χ0n) is 22.3. The molecule has 0 saturated heterocycles. The Hall–Kier alpha value is -5.30. The van der Waals surface area contributed by atoms with E-state index in [1.807, 2.05) is 73.7 Å². The zero-order valence-corrected chi connectivity index (χ0v) is 22.3. The molecule has 204 valence electrons. The Morgan fingerprint density at radius 1 is 0.805 bits per heavy atom. The fraction of sp³-hybridized carbons (Fsp3) is 0.0882. The van der Waals surface area contributed by atoms with Crippen molar-refractivity contribution >= 4 is 17.6 Å². The number of aliphatic carboxylic acids is 1. The van der Waals surface area contributed by atoms with Gasteiger partial charge in [0.15, 0.2) is 0 Å². The van der Waals surface area contributed by atoms with Crippen LogP contribution in [0.1, 0.15) is 27.5 Å². The predicted molar refractivity (Wildman–Crippen MR) is 157 cm³/mol. The zero-order chi connectivity index (χ0) is 28.9. The van der Waals surface area contributed by atoms with Crippen molar-refractivity contribution in [2.45, 2.75) is 19.4 Å². The monoisotopic (exact) mass is 546 g/mol. The van der Waals surface area contributed by atoms with Gasteiger partial charge < -0.3 is 10.4 Å². The van der Waals surface area contributed by atoms with E-state index in [2.05, 4.69) is 5.32 Å². The molecule has 0 radical (unpaired) electrons. The first-order chi connectivity index (χ1) is 19.8. The van der Waals surface area contributed by atoms with Crippen LogP contribution in [0.3, 0.4) is 0 Å². The highest BCUT2D eigenvalue weighted by molar-refractivity contribution is 6.04. The summed E-state index contributed by atoms with van der Waals surface area (Å²) in [6.45, 7) is 1.93. The number of benzene rings is 4. The van der Waals surface area contributed by atoms with Gasteiger partial charge in [-0.2, -0.15) is 0 Å². The maximum atomic E-state index is 13.6. The molecule has 0 saturated carbocycles. The van der Waals surface area contributed by atoms with Gasteiger partial charge in [-0.1, -0.05) is 84.4 Å². The lowest BCUT2D eigenvalue weighted by molar-refractivity contribution is -0.141. The van der Waals surface area contributed by atoms with Crippen LogP contribution in [0, 0.1) is 12.7 Å². The van der Waals surface area contributed by atoms with Crippen LogP contribution in [0.4, 0.5) is 10.1 Å². The van der Waals surface area contributed by atoms with Crippen molar-refractivity contribution in [2.75, 3.05) is 5.32 Å². The highest BCUT2D eigenvalue weighted by Gasteiger charge is 2.24. The molecule has 0 spiro atoms. The normalized spacial score (nSPS) is 11.6. The second-order valence-electron chi connectivity index (χ2n) is 9.80. The Bertz CT molecular complexity index is 1750. The summed E-state index contributed by atoms with van der Waals surface area (Å²) >= 11 is 0. The Kier molecular flexibility index (Phi) is 7.87. The number of nitrogens with one attached hydrogen (secondary N) is 1. The lowest BCUT2D eigenvalue weighted by Gasteiger charge is -2.19. The maximum absolute atomic E-state index is 13.6. The largest absolute Gasteiger partial charge is 0.480 e. The summed E-state index contributed by atoms with van der Waals surface area (Å²) in [6, 6.07) is 29.9. The quantitative estimate of drug-likeness (QED) is 0.225. The molecule has 1 unspecified atom stereocenters. The standard InChI is InChI=1S/C34H27FN2O4/c1-22-7-9-23(10-8-22)19-31(34(40)41)37-21-28(26-15-17-29(35)18-16-26)20-30(33(37)39)36-32(38)27-13-11-25(12-14-27)24-5-3-2-4-6-24/h2-18,20-21,31H,19H2,1H3,(H,36,38)(H,40,41). The Labute approximate surface area is 236 Å². The van der Waals surface area contributed by atoms with Gasteiger partial charge in [-0.25, -0.2) is 9.18 Å². The van der Waals surface area contributed by atoms with Crippen LogP contribution in [0.15, 0.2) is 120 Å². The number of rotatable bonds is 8. The van der Waals surface area contributed by atoms with Crippen LogP contribution in [-0.4, -0.2) is 21.6 Å². The van der Waals surface area contributed by atoms with E-state index in [-0.39, 0.29) is 12.1 Å². The number of anilines is 1. The molecule has 5 rings (SSSR count). The predicted octanol–water partition coefficient (Wildman–Crippen LogP) is 6.75. The molecule has 4 aromatic carbocycles. The van der Waals surface area contributed by atoms with E-state index in [4.69, 9.17) is 0 Å². The number of aryl methyl sites for hydroxylation is 1. The van der Waals surface area contributed by atoms with Crippen molar-refractivity contribution in [3.63, 3.8) is 0 Å². The summed E-state index contributed by atoms with van der Waals surface area (Å²) in [5.74, 6) is -2.15. The van der Waals surface area contributed by atoms with Crippen molar-refractivity contribution < 1.29 is 19.1 Å². The molecule has 2 N–H and O–H groups in total. The fourth-order valence-corrected chi connectivity index (χ4v) is 4.61. The van der Waals surface area contributed by atoms with E-state index in [1.54, 1.807) is 12.1 Å². The summed E-state index contributed by atoms with van der Waals surface area (Å²) in [5.41, 5.74) is 4.30. The lowest BCUT2D eigenvalue weighted by Crippen LogP contribution is -2.33. The highest BCUT2D eigenvalue weighted by Crippen LogP contribution is 2.25. The van der Waals surface area contributed by atoms with Gasteiger partial charge in [-0.3, -0.25) is 14.2 Å². The van der Waals surface area contributed by atoms with Gasteiger partial charge in [-0.15, -0.1) is 0 Å². The molecule has 0 aliphatic heterocycles. The van der Waals surface area contributed by atoms with E-state index < -0.39 is 29.3 Å². The summed E-state index contributed by atoms with van der Waals surface area (Å²) in [4.78, 5) is 39.3. The number of carboxylic acids is 1. The van der Waals surface area contributed by atoms with Crippen molar-refractivity contribution in [1.29, 1.82) is 0 Å². The van der Waals surface area contributed by atoms with Gasteiger partial charge in [0.25, 0.3) is 11.5 Å². The van der Waals surface area contributed by atoms with Crippen molar-refractivity contribution in [1.82, 2.24) is 4.57 Å². The minimum Gasteiger partial charge on any atom is -0.480 e. The van der Waals surface area contributed by atoms with Gasteiger partial charge in [0.2, 0.25) is 0 Å². The summed E-state index contributed by atoms with van der Waals surface area (Å²) in [5, 5.41) is 12.8. The molecule has 1 amide bonds. The van der Waals surface area contributed by atoms with E-state index >= 15 is 0 Å². The minimum absolute atomic E-state index is 0.0523. The highest BCUT2D eigenvalue weighted by atomic mass is 19.1. The number of carbonyl (C=O) groups excluding carboxylic acids is 1. The molecular weight excluding hydrogens is 519 g/mol. The second-order valence-corrected chi connectivity index (χ2v) is 9.80. The Morgan fingerprint density at radius 3 is 2.02 bits per heavy atom. The fourth-order valence-electron chi connectivity index (χ4n) is 4.61.